The van der Waals surface area contributed by atoms with Crippen molar-refractivity contribution in [1.29, 1.82) is 0 Å². The van der Waals surface area contributed by atoms with E-state index in [1.54, 1.807) is 12.4 Å². The fourth-order valence-electron chi connectivity index (χ4n) is 5.87. The van der Waals surface area contributed by atoms with E-state index >= 15 is 0 Å². The number of aromatic nitrogens is 7. The summed E-state index contributed by atoms with van der Waals surface area (Å²) < 4.78 is 0. The van der Waals surface area contributed by atoms with Crippen molar-refractivity contribution in [1.82, 2.24) is 34.9 Å². The molecule has 0 unspecified atom stereocenters. The molecule has 9 aromatic rings. The monoisotopic (exact) mass is 589 g/mol. The van der Waals surface area contributed by atoms with E-state index in [0.717, 1.165) is 60.3 Å². The molecule has 0 aliphatic rings. The Kier molecular flexibility index (Phi) is 5.99. The SMILES string of the molecule is c1ccc(-c2ccc(-c3nc(-c4ccc5ccc6cccnc6c5n4)nc(-c4ccc5ccc6cccnc6c5n4)n3)cc2)cc1. The molecule has 0 radical (unpaired) electrons. The molecule has 0 saturated heterocycles. The van der Waals surface area contributed by atoms with E-state index in [0.29, 0.717) is 28.9 Å². The largest absolute Gasteiger partial charge is 0.254 e. The number of rotatable bonds is 4. The zero-order valence-corrected chi connectivity index (χ0v) is 24.4. The molecule has 7 nitrogen and oxygen atoms in total. The molecule has 0 fully saturated rings. The van der Waals surface area contributed by atoms with Gasteiger partial charge in [0.1, 0.15) is 11.4 Å². The lowest BCUT2D eigenvalue weighted by Gasteiger charge is -2.10. The molecule has 4 aromatic carbocycles. The number of pyridine rings is 4. The van der Waals surface area contributed by atoms with Gasteiger partial charge in [-0.25, -0.2) is 24.9 Å². The van der Waals surface area contributed by atoms with E-state index < -0.39 is 0 Å². The van der Waals surface area contributed by atoms with Gasteiger partial charge in [0.05, 0.1) is 22.1 Å². The quantitative estimate of drug-likeness (QED) is 0.190. The summed E-state index contributed by atoms with van der Waals surface area (Å²) in [4.78, 5) is 34.2. The van der Waals surface area contributed by atoms with Crippen molar-refractivity contribution in [3.05, 3.63) is 140 Å². The van der Waals surface area contributed by atoms with Gasteiger partial charge < -0.3 is 0 Å². The van der Waals surface area contributed by atoms with Crippen LogP contribution in [0.15, 0.2) is 140 Å². The second-order valence-corrected chi connectivity index (χ2v) is 11.1. The normalized spacial score (nSPS) is 11.5. The van der Waals surface area contributed by atoms with Gasteiger partial charge in [0.2, 0.25) is 0 Å². The molecule has 0 spiro atoms. The number of benzene rings is 4. The first-order chi connectivity index (χ1) is 22.8. The van der Waals surface area contributed by atoms with Gasteiger partial charge in [0.15, 0.2) is 17.5 Å². The van der Waals surface area contributed by atoms with Crippen LogP contribution in [0.5, 0.6) is 0 Å². The van der Waals surface area contributed by atoms with Crippen molar-refractivity contribution >= 4 is 43.6 Å². The molecular weight excluding hydrogens is 566 g/mol. The molecular formula is C39H23N7. The van der Waals surface area contributed by atoms with Gasteiger partial charge in [-0.2, -0.15) is 0 Å². The fourth-order valence-corrected chi connectivity index (χ4v) is 5.87. The van der Waals surface area contributed by atoms with Gasteiger partial charge in [0.25, 0.3) is 0 Å². The van der Waals surface area contributed by atoms with Gasteiger partial charge in [-0.05, 0) is 35.4 Å². The summed E-state index contributed by atoms with van der Waals surface area (Å²) in [6.45, 7) is 0. The lowest BCUT2D eigenvalue weighted by molar-refractivity contribution is 1.05. The van der Waals surface area contributed by atoms with Crippen LogP contribution in [0.2, 0.25) is 0 Å². The van der Waals surface area contributed by atoms with Gasteiger partial charge in [0, 0.05) is 39.5 Å². The average molecular weight is 590 g/mol. The Morgan fingerprint density at radius 2 is 0.717 bits per heavy atom. The first-order valence-electron chi connectivity index (χ1n) is 15.0. The molecule has 46 heavy (non-hydrogen) atoms. The maximum absolute atomic E-state index is 5.04. The summed E-state index contributed by atoms with van der Waals surface area (Å²) in [5.41, 5.74) is 7.66. The van der Waals surface area contributed by atoms with Crippen molar-refractivity contribution in [3.63, 3.8) is 0 Å². The molecule has 0 saturated carbocycles. The van der Waals surface area contributed by atoms with Crippen LogP contribution in [0.25, 0.3) is 89.2 Å². The third-order valence-corrected chi connectivity index (χ3v) is 8.21. The highest BCUT2D eigenvalue weighted by Crippen LogP contribution is 2.30. The van der Waals surface area contributed by atoms with Crippen LogP contribution in [0, 0.1) is 0 Å². The number of hydrogen-bond acceptors (Lipinski definition) is 7. The number of nitrogens with zero attached hydrogens (tertiary/aromatic N) is 7. The third-order valence-electron chi connectivity index (χ3n) is 8.21. The first kappa shape index (κ1) is 26.0. The molecule has 5 aromatic heterocycles. The van der Waals surface area contributed by atoms with Crippen LogP contribution in [-0.4, -0.2) is 34.9 Å². The van der Waals surface area contributed by atoms with Gasteiger partial charge in [-0.1, -0.05) is 103 Å². The molecule has 0 aliphatic heterocycles. The van der Waals surface area contributed by atoms with Crippen molar-refractivity contribution in [3.8, 4) is 45.6 Å². The summed E-state index contributed by atoms with van der Waals surface area (Å²) >= 11 is 0. The highest BCUT2D eigenvalue weighted by molar-refractivity contribution is 6.04. The molecule has 214 valence electrons. The van der Waals surface area contributed by atoms with E-state index in [-0.39, 0.29) is 0 Å². The van der Waals surface area contributed by atoms with Crippen molar-refractivity contribution in [2.75, 3.05) is 0 Å². The highest BCUT2D eigenvalue weighted by Gasteiger charge is 2.16. The summed E-state index contributed by atoms with van der Waals surface area (Å²) in [5, 5.41) is 4.04. The van der Waals surface area contributed by atoms with E-state index in [9.17, 15) is 0 Å². The predicted molar refractivity (Wildman–Crippen MR) is 183 cm³/mol. The molecule has 0 N–H and O–H groups in total. The van der Waals surface area contributed by atoms with Crippen molar-refractivity contribution in [2.24, 2.45) is 0 Å². The molecule has 0 atom stereocenters. The summed E-state index contributed by atoms with van der Waals surface area (Å²) in [5.74, 6) is 1.45. The lowest BCUT2D eigenvalue weighted by atomic mass is 10.0. The minimum absolute atomic E-state index is 0.458. The van der Waals surface area contributed by atoms with Crippen LogP contribution >= 0.6 is 0 Å². The fraction of sp³-hybridized carbons (Fsp3) is 0. The zero-order valence-electron chi connectivity index (χ0n) is 24.4. The van der Waals surface area contributed by atoms with Crippen LogP contribution in [0.1, 0.15) is 0 Å². The Hall–Kier alpha value is -6.47. The lowest BCUT2D eigenvalue weighted by Crippen LogP contribution is -2.02. The molecule has 0 amide bonds. The van der Waals surface area contributed by atoms with Gasteiger partial charge in [-0.3, -0.25) is 9.97 Å². The van der Waals surface area contributed by atoms with Crippen LogP contribution < -0.4 is 0 Å². The third kappa shape index (κ3) is 4.50. The Morgan fingerprint density at radius 1 is 0.283 bits per heavy atom. The second kappa shape index (κ2) is 10.6. The zero-order chi connectivity index (χ0) is 30.5. The Bertz CT molecular complexity index is 2450. The summed E-state index contributed by atoms with van der Waals surface area (Å²) in [6.07, 6.45) is 3.58. The standard InChI is InChI=1S/C39H23N7/c1-2-6-24(7-3-1)25-10-16-30(17-11-25)37-44-38(31-20-18-28-14-12-26-8-4-22-40-33(26)35(28)42-31)46-39(45-37)32-21-19-29-15-13-27-9-5-23-41-34(27)36(29)43-32/h1-23H. The van der Waals surface area contributed by atoms with Crippen LogP contribution in [-0.2, 0) is 0 Å². The summed E-state index contributed by atoms with van der Waals surface area (Å²) in [7, 11) is 0. The molecule has 0 aliphatic carbocycles. The Balaban J connectivity index is 1.24. The van der Waals surface area contributed by atoms with Crippen LogP contribution in [0.4, 0.5) is 0 Å². The molecule has 5 heterocycles. The molecule has 7 heteroatoms. The average Bonchev–Trinajstić information content (AvgIpc) is 3.14. The van der Waals surface area contributed by atoms with E-state index in [2.05, 4.69) is 58.5 Å². The first-order valence-corrected chi connectivity index (χ1v) is 15.0. The number of hydrogen-bond donors (Lipinski definition) is 0. The van der Waals surface area contributed by atoms with Gasteiger partial charge >= 0.3 is 0 Å². The Morgan fingerprint density at radius 3 is 1.26 bits per heavy atom. The molecule has 0 bridgehead atoms. The smallest absolute Gasteiger partial charge is 0.182 e. The minimum Gasteiger partial charge on any atom is -0.254 e. The molecule has 9 rings (SSSR count). The van der Waals surface area contributed by atoms with Crippen molar-refractivity contribution in [2.45, 2.75) is 0 Å². The Labute approximate surface area is 263 Å². The van der Waals surface area contributed by atoms with Gasteiger partial charge in [-0.15, -0.1) is 0 Å². The number of fused-ring (bicyclic) bond motifs is 6. The maximum atomic E-state index is 5.04. The minimum atomic E-state index is 0.458. The van der Waals surface area contributed by atoms with E-state index in [1.165, 1.54) is 0 Å². The maximum Gasteiger partial charge on any atom is 0.182 e. The topological polar surface area (TPSA) is 90.2 Å². The highest BCUT2D eigenvalue weighted by atomic mass is 15.1. The van der Waals surface area contributed by atoms with E-state index in [4.69, 9.17) is 24.9 Å². The summed E-state index contributed by atoms with van der Waals surface area (Å²) in [6, 6.07) is 42.7. The van der Waals surface area contributed by atoms with Crippen LogP contribution in [0.3, 0.4) is 0 Å². The van der Waals surface area contributed by atoms with E-state index in [1.807, 2.05) is 78.9 Å². The predicted octanol–water partition coefficient (Wildman–Crippen LogP) is 8.73. The second-order valence-electron chi connectivity index (χ2n) is 11.1. The van der Waals surface area contributed by atoms with Crippen molar-refractivity contribution < 1.29 is 0 Å².